The van der Waals surface area contributed by atoms with E-state index in [0.717, 1.165) is 10.5 Å². The van der Waals surface area contributed by atoms with E-state index in [9.17, 15) is 13.2 Å². The minimum atomic E-state index is -3.71. The van der Waals surface area contributed by atoms with Gasteiger partial charge in [-0.05, 0) is 11.6 Å². The largest absolute Gasteiger partial charge is 0.365 e. The summed E-state index contributed by atoms with van der Waals surface area (Å²) in [6.45, 7) is 5.66. The highest BCUT2D eigenvalue weighted by Crippen LogP contribution is 2.32. The second kappa shape index (κ2) is 3.85. The van der Waals surface area contributed by atoms with Crippen molar-refractivity contribution in [3.8, 4) is 0 Å². The van der Waals surface area contributed by atoms with Crippen molar-refractivity contribution >= 4 is 17.2 Å². The van der Waals surface area contributed by atoms with Crippen LogP contribution in [-0.4, -0.2) is 14.4 Å². The fourth-order valence-corrected chi connectivity index (χ4v) is 1.56. The van der Waals surface area contributed by atoms with E-state index in [1.165, 1.54) is 6.20 Å². The Morgan fingerprint density at radius 3 is 2.28 bits per heavy atom. The van der Waals surface area contributed by atoms with Crippen molar-refractivity contribution in [1.82, 2.24) is 14.4 Å². The van der Waals surface area contributed by atoms with Crippen molar-refractivity contribution in [2.45, 2.75) is 31.6 Å². The number of aromatic nitrogens is 3. The first kappa shape index (κ1) is 13.1. The molecule has 0 N–H and O–H groups in total. The molecule has 0 saturated heterocycles. The molecule has 2 rings (SSSR count). The van der Waals surface area contributed by atoms with Crippen molar-refractivity contribution in [1.29, 1.82) is 0 Å². The maximum atomic E-state index is 13.6. The first-order valence-corrected chi connectivity index (χ1v) is 5.60. The summed E-state index contributed by atoms with van der Waals surface area (Å²) in [5, 5.41) is -3.71. The molecule has 0 radical (unpaired) electrons. The van der Waals surface area contributed by atoms with Crippen molar-refractivity contribution in [2.24, 2.45) is 0 Å². The summed E-state index contributed by atoms with van der Waals surface area (Å²) in [4.78, 5) is 7.25. The summed E-state index contributed by atoms with van der Waals surface area (Å²) in [7, 11) is 0. The van der Waals surface area contributed by atoms with Gasteiger partial charge in [0.25, 0.3) is 6.08 Å². The summed E-state index contributed by atoms with van der Waals surface area (Å²) in [5.74, 6) is 0. The van der Waals surface area contributed by atoms with Crippen LogP contribution in [0.3, 0.4) is 0 Å². The van der Waals surface area contributed by atoms with Crippen LogP contribution in [0.15, 0.2) is 12.3 Å². The molecule has 0 amide bonds. The van der Waals surface area contributed by atoms with Crippen molar-refractivity contribution in [3.63, 3.8) is 0 Å². The lowest BCUT2D eigenvalue weighted by Gasteiger charge is -2.13. The summed E-state index contributed by atoms with van der Waals surface area (Å²) in [6.07, 6.45) is 0.374. The third-order valence-corrected chi connectivity index (χ3v) is 2.66. The number of imidazole rings is 1. The average molecular weight is 278 g/mol. The molecule has 0 aliphatic carbocycles. The van der Waals surface area contributed by atoms with Gasteiger partial charge in [0.1, 0.15) is 11.3 Å². The molecule has 0 aromatic carbocycles. The molecule has 0 unspecified atom stereocenters. The smallest absolute Gasteiger partial charge is 0.260 e. The number of alkyl halides is 3. The van der Waals surface area contributed by atoms with Gasteiger partial charge in [0, 0.05) is 17.7 Å². The number of hydrogen-bond acceptors (Lipinski definition) is 2. The minimum Gasteiger partial charge on any atom is -0.260 e. The number of halogens is 4. The molecule has 2 aromatic heterocycles. The molecular formula is C11H11ClF3N3. The summed E-state index contributed by atoms with van der Waals surface area (Å²) in [6, 6.07) is 0.977. The van der Waals surface area contributed by atoms with Crippen LogP contribution in [0.1, 0.15) is 32.2 Å². The van der Waals surface area contributed by atoms with Gasteiger partial charge in [-0.1, -0.05) is 20.8 Å². The van der Waals surface area contributed by atoms with Gasteiger partial charge in [0.2, 0.25) is 0 Å². The van der Waals surface area contributed by atoms with Gasteiger partial charge in [-0.15, -0.1) is 0 Å². The molecule has 2 heterocycles. The molecule has 18 heavy (non-hydrogen) atoms. The normalized spacial score (nSPS) is 13.3. The standard InChI is InChI=1S/C11H11ClF3N3/c1-10(2,3)7-5-18-8(16-7)4-6(11(12,14)15)17-9(18)13/h4-5H,1-3H3. The topological polar surface area (TPSA) is 30.2 Å². The Bertz CT molecular complexity index is 596. The van der Waals surface area contributed by atoms with Crippen LogP contribution in [0, 0.1) is 6.08 Å². The van der Waals surface area contributed by atoms with Crippen molar-refractivity contribution < 1.29 is 13.2 Å². The first-order valence-electron chi connectivity index (χ1n) is 5.22. The first-order chi connectivity index (χ1) is 8.09. The molecule has 7 heteroatoms. The molecule has 0 atom stereocenters. The average Bonchev–Trinajstić information content (AvgIpc) is 2.59. The zero-order valence-corrected chi connectivity index (χ0v) is 10.8. The molecule has 0 saturated carbocycles. The van der Waals surface area contributed by atoms with E-state index in [1.54, 1.807) is 0 Å². The maximum Gasteiger partial charge on any atom is 0.365 e. The van der Waals surface area contributed by atoms with Gasteiger partial charge in [-0.3, -0.25) is 4.40 Å². The summed E-state index contributed by atoms with van der Waals surface area (Å²) in [5.41, 5.74) is -0.525. The van der Waals surface area contributed by atoms with E-state index in [-0.39, 0.29) is 11.1 Å². The zero-order chi connectivity index (χ0) is 13.7. The van der Waals surface area contributed by atoms with Gasteiger partial charge in [0.05, 0.1) is 5.69 Å². The predicted molar refractivity (Wildman–Crippen MR) is 61.4 cm³/mol. The van der Waals surface area contributed by atoms with Crippen LogP contribution in [-0.2, 0) is 10.8 Å². The molecule has 98 valence electrons. The Morgan fingerprint density at radius 1 is 1.17 bits per heavy atom. The van der Waals surface area contributed by atoms with Crippen LogP contribution in [0.4, 0.5) is 13.2 Å². The van der Waals surface area contributed by atoms with Gasteiger partial charge < -0.3 is 0 Å². The number of hydrogen-bond donors (Lipinski definition) is 0. The van der Waals surface area contributed by atoms with Gasteiger partial charge in [0.15, 0.2) is 0 Å². The maximum absolute atomic E-state index is 13.6. The Balaban J connectivity index is 2.67. The zero-order valence-electron chi connectivity index (χ0n) is 10.0. The summed E-state index contributed by atoms with van der Waals surface area (Å²) >= 11 is 4.83. The molecule has 2 aromatic rings. The highest BCUT2D eigenvalue weighted by atomic mass is 35.5. The van der Waals surface area contributed by atoms with E-state index in [0.29, 0.717) is 5.69 Å². The number of nitrogens with zero attached hydrogens (tertiary/aromatic N) is 3. The lowest BCUT2D eigenvalue weighted by atomic mass is 9.93. The molecule has 0 aliphatic rings. The van der Waals surface area contributed by atoms with Crippen LogP contribution in [0.5, 0.6) is 0 Å². The SMILES string of the molecule is CC(C)(C)c1cn2c(F)nc(C(F)(F)Cl)cc2n1. The molecule has 3 nitrogen and oxygen atoms in total. The molecule has 0 spiro atoms. The fraction of sp³-hybridized carbons (Fsp3) is 0.455. The molecule has 0 aliphatic heterocycles. The van der Waals surface area contributed by atoms with Crippen molar-refractivity contribution in [3.05, 3.63) is 29.7 Å². The highest BCUT2D eigenvalue weighted by Gasteiger charge is 2.32. The van der Waals surface area contributed by atoms with Crippen molar-refractivity contribution in [2.75, 3.05) is 0 Å². The number of rotatable bonds is 1. The van der Waals surface area contributed by atoms with E-state index in [2.05, 4.69) is 9.97 Å². The molecular weight excluding hydrogens is 267 g/mol. The number of fused-ring (bicyclic) bond motifs is 1. The van der Waals surface area contributed by atoms with E-state index < -0.39 is 17.2 Å². The Kier molecular flexibility index (Phi) is 2.81. The Labute approximate surface area is 107 Å². The van der Waals surface area contributed by atoms with Gasteiger partial charge >= 0.3 is 5.38 Å². The molecule has 0 fully saturated rings. The fourth-order valence-electron chi connectivity index (χ4n) is 1.46. The monoisotopic (exact) mass is 277 g/mol. The second-order valence-corrected chi connectivity index (χ2v) is 5.49. The van der Waals surface area contributed by atoms with E-state index >= 15 is 0 Å². The lowest BCUT2D eigenvalue weighted by Crippen LogP contribution is -2.11. The predicted octanol–water partition coefficient (Wildman–Crippen LogP) is 3.45. The third kappa shape index (κ3) is 2.29. The lowest BCUT2D eigenvalue weighted by molar-refractivity contribution is 0.0886. The van der Waals surface area contributed by atoms with E-state index in [4.69, 9.17) is 11.6 Å². The molecule has 0 bridgehead atoms. The van der Waals surface area contributed by atoms with Crippen LogP contribution < -0.4 is 0 Å². The minimum absolute atomic E-state index is 0.0581. The summed E-state index contributed by atoms with van der Waals surface area (Å²) < 4.78 is 40.4. The van der Waals surface area contributed by atoms with Crippen LogP contribution in [0.25, 0.3) is 5.65 Å². The highest BCUT2D eigenvalue weighted by molar-refractivity contribution is 6.21. The van der Waals surface area contributed by atoms with Crippen LogP contribution in [0.2, 0.25) is 0 Å². The van der Waals surface area contributed by atoms with E-state index in [1.807, 2.05) is 20.8 Å². The van der Waals surface area contributed by atoms with Crippen LogP contribution >= 0.6 is 11.6 Å². The Hall–Kier alpha value is -1.30. The van der Waals surface area contributed by atoms with Gasteiger partial charge in [-0.2, -0.15) is 13.2 Å². The van der Waals surface area contributed by atoms with Gasteiger partial charge in [-0.25, -0.2) is 9.97 Å². The third-order valence-electron chi connectivity index (χ3n) is 2.47. The Morgan fingerprint density at radius 2 is 1.78 bits per heavy atom. The second-order valence-electron chi connectivity index (χ2n) is 5.01. The quantitative estimate of drug-likeness (QED) is 0.590.